The normalized spacial score (nSPS) is 12.4. The van der Waals surface area contributed by atoms with Crippen LogP contribution >= 0.6 is 0 Å². The second kappa shape index (κ2) is 9.64. The largest absolute Gasteiger partial charge is 0.356 e. The third-order valence-corrected chi connectivity index (χ3v) is 5.50. The molecule has 0 aliphatic heterocycles. The van der Waals surface area contributed by atoms with E-state index in [0.29, 0.717) is 12.6 Å². The summed E-state index contributed by atoms with van der Waals surface area (Å²) in [6, 6.07) is 12.5. The maximum absolute atomic E-state index is 14.0. The molecule has 1 unspecified atom stereocenters. The van der Waals surface area contributed by atoms with Gasteiger partial charge in [0.25, 0.3) is 0 Å². The molecular formula is C20H24F2N2O3S. The monoisotopic (exact) mass is 410 g/mol. The average Bonchev–Trinajstić information content (AvgIpc) is 2.64. The number of rotatable bonds is 9. The van der Waals surface area contributed by atoms with E-state index in [4.69, 9.17) is 0 Å². The van der Waals surface area contributed by atoms with E-state index in [1.54, 1.807) is 0 Å². The highest BCUT2D eigenvalue weighted by atomic mass is 32.2. The van der Waals surface area contributed by atoms with Gasteiger partial charge in [-0.05, 0) is 30.0 Å². The van der Waals surface area contributed by atoms with Crippen LogP contribution in [0.25, 0.3) is 0 Å². The van der Waals surface area contributed by atoms with Crippen LogP contribution in [0.3, 0.4) is 0 Å². The number of hydrogen-bond acceptors (Lipinski definition) is 3. The molecule has 2 rings (SSSR count). The van der Waals surface area contributed by atoms with E-state index in [9.17, 15) is 22.0 Å². The Morgan fingerprint density at radius 3 is 2.43 bits per heavy atom. The molecule has 1 amide bonds. The summed E-state index contributed by atoms with van der Waals surface area (Å²) in [5.74, 6) is -1.82. The number of halogens is 2. The lowest BCUT2D eigenvalue weighted by Gasteiger charge is -2.23. The standard InChI is InChI=1S/C20H24F2N2O3S/c1-15(16-7-4-3-5-8-16)14-23-20(25)9-6-12-24(28(2,26)27)19-11-10-17(21)13-18(19)22/h3-5,7-8,10-11,13,15H,6,9,12,14H2,1-2H3,(H,23,25). The van der Waals surface area contributed by atoms with Crippen LogP contribution < -0.4 is 9.62 Å². The van der Waals surface area contributed by atoms with E-state index >= 15 is 0 Å². The molecule has 0 fully saturated rings. The molecule has 1 N–H and O–H groups in total. The minimum absolute atomic E-state index is 0.0803. The first-order valence-electron chi connectivity index (χ1n) is 8.93. The Kier molecular flexibility index (Phi) is 7.51. The van der Waals surface area contributed by atoms with Gasteiger partial charge in [0.15, 0.2) is 0 Å². The van der Waals surface area contributed by atoms with Gasteiger partial charge in [0.1, 0.15) is 11.6 Å². The molecule has 28 heavy (non-hydrogen) atoms. The molecule has 0 aliphatic rings. The number of benzene rings is 2. The summed E-state index contributed by atoms with van der Waals surface area (Å²) in [4.78, 5) is 12.1. The van der Waals surface area contributed by atoms with Crippen LogP contribution in [0.15, 0.2) is 48.5 Å². The van der Waals surface area contributed by atoms with Crippen LogP contribution in [0.4, 0.5) is 14.5 Å². The number of amides is 1. The molecule has 8 heteroatoms. The first kappa shape index (κ1) is 21.8. The van der Waals surface area contributed by atoms with E-state index in [1.165, 1.54) is 0 Å². The Balaban J connectivity index is 1.89. The van der Waals surface area contributed by atoms with Crippen molar-refractivity contribution < 1.29 is 22.0 Å². The van der Waals surface area contributed by atoms with Crippen molar-refractivity contribution in [2.45, 2.75) is 25.7 Å². The molecule has 0 aromatic heterocycles. The molecule has 0 spiro atoms. The summed E-state index contributed by atoms with van der Waals surface area (Å²) >= 11 is 0. The third-order valence-electron chi connectivity index (χ3n) is 4.32. The summed E-state index contributed by atoms with van der Waals surface area (Å²) in [7, 11) is -3.77. The summed E-state index contributed by atoms with van der Waals surface area (Å²) in [6.45, 7) is 2.38. The molecule has 0 aliphatic carbocycles. The van der Waals surface area contributed by atoms with Gasteiger partial charge in [-0.2, -0.15) is 0 Å². The molecule has 0 saturated carbocycles. The van der Waals surface area contributed by atoms with Crippen molar-refractivity contribution in [1.82, 2.24) is 5.32 Å². The zero-order valence-corrected chi connectivity index (χ0v) is 16.7. The number of carbonyl (C=O) groups excluding carboxylic acids is 1. The zero-order valence-electron chi connectivity index (χ0n) is 15.9. The highest BCUT2D eigenvalue weighted by Crippen LogP contribution is 2.23. The van der Waals surface area contributed by atoms with Gasteiger partial charge < -0.3 is 5.32 Å². The van der Waals surface area contributed by atoms with Crippen molar-refractivity contribution >= 4 is 21.6 Å². The van der Waals surface area contributed by atoms with Gasteiger partial charge in [0.2, 0.25) is 15.9 Å². The van der Waals surface area contributed by atoms with Gasteiger partial charge >= 0.3 is 0 Å². The predicted molar refractivity (Wildman–Crippen MR) is 106 cm³/mol. The smallest absolute Gasteiger partial charge is 0.232 e. The van der Waals surface area contributed by atoms with Crippen LogP contribution in [0.2, 0.25) is 0 Å². The predicted octanol–water partition coefficient (Wildman–Crippen LogP) is 3.43. The number of carbonyl (C=O) groups is 1. The van der Waals surface area contributed by atoms with E-state index in [2.05, 4.69) is 5.32 Å². The molecular weight excluding hydrogens is 386 g/mol. The van der Waals surface area contributed by atoms with Crippen LogP contribution in [-0.2, 0) is 14.8 Å². The second-order valence-electron chi connectivity index (χ2n) is 6.65. The topological polar surface area (TPSA) is 66.5 Å². The number of anilines is 1. The molecule has 0 saturated heterocycles. The lowest BCUT2D eigenvalue weighted by atomic mass is 10.0. The first-order valence-corrected chi connectivity index (χ1v) is 10.8. The minimum atomic E-state index is -3.77. The van der Waals surface area contributed by atoms with E-state index in [1.807, 2.05) is 37.3 Å². The van der Waals surface area contributed by atoms with Gasteiger partial charge in [0.05, 0.1) is 11.9 Å². The molecule has 0 bridgehead atoms. The number of nitrogens with one attached hydrogen (secondary N) is 1. The number of nitrogens with zero attached hydrogens (tertiary/aromatic N) is 1. The maximum Gasteiger partial charge on any atom is 0.232 e. The Hall–Kier alpha value is -2.48. The summed E-state index contributed by atoms with van der Waals surface area (Å²) in [5, 5.41) is 2.82. The lowest BCUT2D eigenvalue weighted by molar-refractivity contribution is -0.121. The average molecular weight is 410 g/mol. The Morgan fingerprint density at radius 2 is 1.82 bits per heavy atom. The van der Waals surface area contributed by atoms with Gasteiger partial charge in [0, 0.05) is 25.6 Å². The maximum atomic E-state index is 14.0. The second-order valence-corrected chi connectivity index (χ2v) is 8.56. The lowest BCUT2D eigenvalue weighted by Crippen LogP contribution is -2.33. The van der Waals surface area contributed by atoms with Crippen LogP contribution in [-0.4, -0.2) is 33.7 Å². The van der Waals surface area contributed by atoms with Gasteiger partial charge in [-0.25, -0.2) is 17.2 Å². The first-order chi connectivity index (χ1) is 13.2. The molecule has 2 aromatic rings. The zero-order chi connectivity index (χ0) is 20.7. The Labute approximate surface area is 164 Å². The van der Waals surface area contributed by atoms with E-state index in [-0.39, 0.29) is 36.9 Å². The highest BCUT2D eigenvalue weighted by Gasteiger charge is 2.21. The molecule has 0 radical (unpaired) electrons. The van der Waals surface area contributed by atoms with Crippen molar-refractivity contribution in [3.63, 3.8) is 0 Å². The fraction of sp³-hybridized carbons (Fsp3) is 0.350. The van der Waals surface area contributed by atoms with Crippen molar-refractivity contribution in [3.8, 4) is 0 Å². The summed E-state index contributed by atoms with van der Waals surface area (Å²) < 4.78 is 51.9. The van der Waals surface area contributed by atoms with Crippen LogP contribution in [0.5, 0.6) is 0 Å². The quantitative estimate of drug-likeness (QED) is 0.689. The van der Waals surface area contributed by atoms with Gasteiger partial charge in [-0.1, -0.05) is 37.3 Å². The molecule has 1 atom stereocenters. The SMILES string of the molecule is CC(CNC(=O)CCCN(c1ccc(F)cc1F)S(C)(=O)=O)c1ccccc1. The van der Waals surface area contributed by atoms with Gasteiger partial charge in [-0.15, -0.1) is 0 Å². The minimum Gasteiger partial charge on any atom is -0.356 e. The van der Waals surface area contributed by atoms with E-state index < -0.39 is 21.7 Å². The van der Waals surface area contributed by atoms with Crippen molar-refractivity contribution in [3.05, 3.63) is 65.7 Å². The van der Waals surface area contributed by atoms with Gasteiger partial charge in [-0.3, -0.25) is 9.10 Å². The van der Waals surface area contributed by atoms with Crippen LogP contribution in [0, 0.1) is 11.6 Å². The number of sulfonamides is 1. The van der Waals surface area contributed by atoms with E-state index in [0.717, 1.165) is 28.3 Å². The molecule has 0 heterocycles. The van der Waals surface area contributed by atoms with Crippen molar-refractivity contribution in [2.24, 2.45) is 0 Å². The molecule has 2 aromatic carbocycles. The third kappa shape index (κ3) is 6.30. The summed E-state index contributed by atoms with van der Waals surface area (Å²) in [5.41, 5.74) is 0.875. The van der Waals surface area contributed by atoms with Crippen molar-refractivity contribution in [2.75, 3.05) is 23.7 Å². The number of hydrogen-bond donors (Lipinski definition) is 1. The molecule has 152 valence electrons. The van der Waals surface area contributed by atoms with Crippen molar-refractivity contribution in [1.29, 1.82) is 0 Å². The summed E-state index contributed by atoms with van der Waals surface area (Å²) in [6.07, 6.45) is 1.24. The van der Waals surface area contributed by atoms with Crippen LogP contribution in [0.1, 0.15) is 31.2 Å². The molecule has 5 nitrogen and oxygen atoms in total. The highest BCUT2D eigenvalue weighted by molar-refractivity contribution is 7.92. The fourth-order valence-electron chi connectivity index (χ4n) is 2.79. The fourth-order valence-corrected chi connectivity index (χ4v) is 3.75. The Bertz CT molecular complexity index is 905. The Morgan fingerprint density at radius 1 is 1.14 bits per heavy atom.